The van der Waals surface area contributed by atoms with Crippen LogP contribution in [-0.4, -0.2) is 31.4 Å². The molecule has 168 valence electrons. The summed E-state index contributed by atoms with van der Waals surface area (Å²) >= 11 is 0. The number of anilines is 2. The Bertz CT molecular complexity index is 1150. The highest BCUT2D eigenvalue weighted by Crippen LogP contribution is 2.28. The summed E-state index contributed by atoms with van der Waals surface area (Å²) in [5, 5.41) is 5.72. The van der Waals surface area contributed by atoms with Gasteiger partial charge in [0.2, 0.25) is 11.8 Å². The number of carbonyl (C=O) groups is 3. The maximum Gasteiger partial charge on any atom is 0.253 e. The van der Waals surface area contributed by atoms with Gasteiger partial charge in [0, 0.05) is 25.2 Å². The van der Waals surface area contributed by atoms with E-state index < -0.39 is 5.92 Å². The first kappa shape index (κ1) is 22.1. The summed E-state index contributed by atoms with van der Waals surface area (Å²) in [5.41, 5.74) is 2.49. The summed E-state index contributed by atoms with van der Waals surface area (Å²) < 4.78 is 5.16. The predicted octanol–water partition coefficient (Wildman–Crippen LogP) is 3.62. The van der Waals surface area contributed by atoms with Crippen LogP contribution < -0.4 is 20.3 Å². The molecule has 1 unspecified atom stereocenters. The lowest BCUT2D eigenvalue weighted by Gasteiger charge is -2.17. The Labute approximate surface area is 192 Å². The van der Waals surface area contributed by atoms with E-state index in [9.17, 15) is 14.4 Å². The molecule has 1 aliphatic rings. The molecule has 0 aliphatic carbocycles. The van der Waals surface area contributed by atoms with Crippen LogP contribution >= 0.6 is 0 Å². The van der Waals surface area contributed by atoms with Crippen LogP contribution in [-0.2, 0) is 16.1 Å². The zero-order valence-corrected chi connectivity index (χ0v) is 18.3. The molecule has 7 nitrogen and oxygen atoms in total. The second kappa shape index (κ2) is 9.99. The van der Waals surface area contributed by atoms with Crippen molar-refractivity contribution in [3.63, 3.8) is 0 Å². The van der Waals surface area contributed by atoms with Crippen LogP contribution in [0.25, 0.3) is 0 Å². The molecule has 1 heterocycles. The van der Waals surface area contributed by atoms with E-state index in [4.69, 9.17) is 4.74 Å². The molecule has 1 atom stereocenters. The van der Waals surface area contributed by atoms with Crippen LogP contribution in [0.2, 0.25) is 0 Å². The van der Waals surface area contributed by atoms with Gasteiger partial charge in [-0.3, -0.25) is 14.4 Å². The molecule has 1 aliphatic heterocycles. The van der Waals surface area contributed by atoms with Crippen LogP contribution in [0.5, 0.6) is 5.75 Å². The largest absolute Gasteiger partial charge is 0.497 e. The van der Waals surface area contributed by atoms with Gasteiger partial charge in [-0.05, 0) is 42.0 Å². The third kappa shape index (κ3) is 5.20. The summed E-state index contributed by atoms with van der Waals surface area (Å²) in [7, 11) is 1.58. The fraction of sp³-hybridized carbons (Fsp3) is 0.192. The monoisotopic (exact) mass is 443 g/mol. The first-order valence-corrected chi connectivity index (χ1v) is 10.7. The predicted molar refractivity (Wildman–Crippen MR) is 126 cm³/mol. The molecule has 0 aromatic heterocycles. The van der Waals surface area contributed by atoms with Crippen molar-refractivity contribution in [2.75, 3.05) is 23.9 Å². The van der Waals surface area contributed by atoms with E-state index in [1.54, 1.807) is 60.5 Å². The maximum absolute atomic E-state index is 13.0. The van der Waals surface area contributed by atoms with Gasteiger partial charge in [-0.15, -0.1) is 0 Å². The molecule has 3 amide bonds. The zero-order valence-electron chi connectivity index (χ0n) is 18.3. The lowest BCUT2D eigenvalue weighted by molar-refractivity contribution is -0.122. The number of para-hydroxylation sites is 1. The van der Waals surface area contributed by atoms with E-state index in [0.717, 1.165) is 11.3 Å². The Morgan fingerprint density at radius 1 is 0.970 bits per heavy atom. The molecule has 0 spiro atoms. The summed E-state index contributed by atoms with van der Waals surface area (Å²) in [6.45, 7) is 0.662. The Balaban J connectivity index is 1.41. The fourth-order valence-corrected chi connectivity index (χ4v) is 3.79. The van der Waals surface area contributed by atoms with Crippen molar-refractivity contribution in [2.24, 2.45) is 5.92 Å². The van der Waals surface area contributed by atoms with Gasteiger partial charge in [0.05, 0.1) is 24.3 Å². The average Bonchev–Trinajstić information content (AvgIpc) is 3.25. The molecule has 3 aromatic rings. The number of carbonyl (C=O) groups excluding carboxylic acids is 3. The van der Waals surface area contributed by atoms with Gasteiger partial charge in [0.1, 0.15) is 5.75 Å². The molecule has 1 saturated heterocycles. The van der Waals surface area contributed by atoms with Crippen LogP contribution in [0.1, 0.15) is 22.3 Å². The van der Waals surface area contributed by atoms with Gasteiger partial charge in [-0.1, -0.05) is 42.5 Å². The number of nitrogens with one attached hydrogen (secondary N) is 2. The van der Waals surface area contributed by atoms with Crippen LogP contribution in [0.4, 0.5) is 11.4 Å². The van der Waals surface area contributed by atoms with Gasteiger partial charge in [-0.25, -0.2) is 0 Å². The Morgan fingerprint density at radius 2 is 1.67 bits per heavy atom. The lowest BCUT2D eigenvalue weighted by Crippen LogP contribution is -2.29. The third-order valence-corrected chi connectivity index (χ3v) is 5.61. The van der Waals surface area contributed by atoms with Crippen molar-refractivity contribution in [1.82, 2.24) is 5.32 Å². The SMILES string of the molecule is COc1ccc(N2CC(C(=O)Nc3ccccc3C(=O)NCc3ccccc3)CC2=O)cc1. The quantitative estimate of drug-likeness (QED) is 0.584. The Morgan fingerprint density at radius 3 is 2.39 bits per heavy atom. The molecule has 1 fully saturated rings. The normalized spacial score (nSPS) is 15.2. The van der Waals surface area contributed by atoms with Crippen LogP contribution in [0.15, 0.2) is 78.9 Å². The van der Waals surface area contributed by atoms with E-state index in [2.05, 4.69) is 10.6 Å². The summed E-state index contributed by atoms with van der Waals surface area (Å²) in [4.78, 5) is 39.8. The average molecular weight is 444 g/mol. The highest BCUT2D eigenvalue weighted by molar-refractivity contribution is 6.07. The topological polar surface area (TPSA) is 87.7 Å². The number of rotatable bonds is 7. The molecule has 3 aromatic carbocycles. The molecular formula is C26H25N3O4. The molecule has 7 heteroatoms. The number of benzene rings is 3. The lowest BCUT2D eigenvalue weighted by atomic mass is 10.1. The van der Waals surface area contributed by atoms with Crippen LogP contribution in [0.3, 0.4) is 0 Å². The van der Waals surface area contributed by atoms with E-state index >= 15 is 0 Å². The van der Waals surface area contributed by atoms with E-state index in [-0.39, 0.29) is 30.7 Å². The molecule has 2 N–H and O–H groups in total. The van der Waals surface area contributed by atoms with Gasteiger partial charge in [0.15, 0.2) is 0 Å². The van der Waals surface area contributed by atoms with E-state index in [1.807, 2.05) is 30.3 Å². The highest BCUT2D eigenvalue weighted by atomic mass is 16.5. The minimum Gasteiger partial charge on any atom is -0.497 e. The van der Waals surface area contributed by atoms with Crippen molar-refractivity contribution in [1.29, 1.82) is 0 Å². The minimum absolute atomic E-state index is 0.111. The van der Waals surface area contributed by atoms with Crippen molar-refractivity contribution >= 4 is 29.1 Å². The summed E-state index contributed by atoms with van der Waals surface area (Å²) in [6, 6.07) is 23.6. The summed E-state index contributed by atoms with van der Waals surface area (Å²) in [5.74, 6) is -0.504. The van der Waals surface area contributed by atoms with Crippen LogP contribution in [0, 0.1) is 5.92 Å². The van der Waals surface area contributed by atoms with Crippen molar-refractivity contribution in [2.45, 2.75) is 13.0 Å². The number of hydrogen-bond acceptors (Lipinski definition) is 4. The molecule has 0 radical (unpaired) electrons. The highest BCUT2D eigenvalue weighted by Gasteiger charge is 2.35. The van der Waals surface area contributed by atoms with Crippen molar-refractivity contribution in [3.05, 3.63) is 90.0 Å². The van der Waals surface area contributed by atoms with Gasteiger partial charge < -0.3 is 20.3 Å². The van der Waals surface area contributed by atoms with Gasteiger partial charge >= 0.3 is 0 Å². The second-order valence-electron chi connectivity index (χ2n) is 7.81. The van der Waals surface area contributed by atoms with Crippen molar-refractivity contribution in [3.8, 4) is 5.75 Å². The molecule has 4 rings (SSSR count). The number of methoxy groups -OCH3 is 1. The third-order valence-electron chi connectivity index (χ3n) is 5.61. The number of nitrogens with zero attached hydrogens (tertiary/aromatic N) is 1. The fourth-order valence-electron chi connectivity index (χ4n) is 3.79. The van der Waals surface area contributed by atoms with E-state index in [1.165, 1.54) is 0 Å². The first-order valence-electron chi connectivity index (χ1n) is 10.7. The second-order valence-corrected chi connectivity index (χ2v) is 7.81. The minimum atomic E-state index is -0.514. The smallest absolute Gasteiger partial charge is 0.253 e. The van der Waals surface area contributed by atoms with Crippen molar-refractivity contribution < 1.29 is 19.1 Å². The Kier molecular flexibility index (Phi) is 6.69. The molecular weight excluding hydrogens is 418 g/mol. The number of hydrogen-bond donors (Lipinski definition) is 2. The zero-order chi connectivity index (χ0) is 23.2. The Hall–Kier alpha value is -4.13. The maximum atomic E-state index is 13.0. The first-order chi connectivity index (χ1) is 16.0. The van der Waals surface area contributed by atoms with Gasteiger partial charge in [-0.2, -0.15) is 0 Å². The van der Waals surface area contributed by atoms with E-state index in [0.29, 0.717) is 23.5 Å². The van der Waals surface area contributed by atoms with Gasteiger partial charge in [0.25, 0.3) is 5.91 Å². The number of amides is 3. The molecule has 33 heavy (non-hydrogen) atoms. The summed E-state index contributed by atoms with van der Waals surface area (Å²) in [6.07, 6.45) is 0.111. The molecule has 0 saturated carbocycles. The molecule has 0 bridgehead atoms. The number of ether oxygens (including phenoxy) is 1. The standard InChI is InChI=1S/C26H25N3O4/c1-33-21-13-11-20(12-14-21)29-17-19(15-24(29)30)25(31)28-23-10-6-5-9-22(23)26(32)27-16-18-7-3-2-4-8-18/h2-14,19H,15-17H2,1H3,(H,27,32)(H,28,31).